The zero-order valence-corrected chi connectivity index (χ0v) is 10.3. The van der Waals surface area contributed by atoms with Crippen molar-refractivity contribution in [1.29, 1.82) is 0 Å². The molecule has 1 aliphatic rings. The van der Waals surface area contributed by atoms with E-state index >= 15 is 0 Å². The summed E-state index contributed by atoms with van der Waals surface area (Å²) in [5.41, 5.74) is 0. The number of hydrogen-bond donors (Lipinski definition) is 1. The van der Waals surface area contributed by atoms with Crippen LogP contribution in [0.2, 0.25) is 0 Å². The molecule has 1 aliphatic heterocycles. The first-order valence-electron chi connectivity index (χ1n) is 6.10. The van der Waals surface area contributed by atoms with Crippen molar-refractivity contribution in [3.63, 3.8) is 0 Å². The molecule has 0 spiro atoms. The van der Waals surface area contributed by atoms with Gasteiger partial charge in [-0.15, -0.1) is 0 Å². The molecule has 2 heterocycles. The molecule has 1 unspecified atom stereocenters. The number of piperidine rings is 1. The first-order valence-corrected chi connectivity index (χ1v) is 6.10. The number of carbonyl (C=O) groups is 2. The highest BCUT2D eigenvalue weighted by molar-refractivity contribution is 5.81. The molecule has 6 heteroatoms. The SMILES string of the molecule is CC(C(=O)N1CCC[C@@H](C(=O)O)C1)n1cccn1. The summed E-state index contributed by atoms with van der Waals surface area (Å²) >= 11 is 0. The number of nitrogens with zero attached hydrogens (tertiary/aromatic N) is 3. The second-order valence-corrected chi connectivity index (χ2v) is 4.62. The van der Waals surface area contributed by atoms with Crippen molar-refractivity contribution < 1.29 is 14.7 Å². The van der Waals surface area contributed by atoms with Gasteiger partial charge in [0, 0.05) is 25.5 Å². The Hall–Kier alpha value is -1.85. The predicted octanol–water partition coefficient (Wildman–Crippen LogP) is 0.767. The lowest BCUT2D eigenvalue weighted by atomic mass is 9.98. The van der Waals surface area contributed by atoms with Crippen molar-refractivity contribution in [2.45, 2.75) is 25.8 Å². The average Bonchev–Trinajstić information content (AvgIpc) is 2.91. The molecule has 0 aromatic carbocycles. The van der Waals surface area contributed by atoms with E-state index in [2.05, 4.69) is 5.10 Å². The van der Waals surface area contributed by atoms with E-state index < -0.39 is 11.9 Å². The number of aromatic nitrogens is 2. The van der Waals surface area contributed by atoms with Gasteiger partial charge in [0.15, 0.2) is 0 Å². The minimum atomic E-state index is -0.820. The van der Waals surface area contributed by atoms with Gasteiger partial charge in [0.1, 0.15) is 6.04 Å². The van der Waals surface area contributed by atoms with Crippen LogP contribution in [0.5, 0.6) is 0 Å². The van der Waals surface area contributed by atoms with Crippen molar-refractivity contribution in [2.24, 2.45) is 5.92 Å². The van der Waals surface area contributed by atoms with E-state index in [-0.39, 0.29) is 11.9 Å². The maximum Gasteiger partial charge on any atom is 0.308 e. The van der Waals surface area contributed by atoms with Crippen LogP contribution < -0.4 is 0 Å². The number of rotatable bonds is 3. The fraction of sp³-hybridized carbons (Fsp3) is 0.583. The van der Waals surface area contributed by atoms with E-state index in [4.69, 9.17) is 5.11 Å². The number of hydrogen-bond acceptors (Lipinski definition) is 3. The molecule has 1 aromatic rings. The van der Waals surface area contributed by atoms with Crippen molar-refractivity contribution in [2.75, 3.05) is 13.1 Å². The monoisotopic (exact) mass is 251 g/mol. The first-order chi connectivity index (χ1) is 8.59. The lowest BCUT2D eigenvalue weighted by molar-refractivity contribution is -0.146. The molecule has 1 N–H and O–H groups in total. The Morgan fingerprint density at radius 3 is 2.89 bits per heavy atom. The molecule has 1 amide bonds. The fourth-order valence-corrected chi connectivity index (χ4v) is 2.27. The van der Waals surface area contributed by atoms with E-state index in [0.717, 1.165) is 6.42 Å². The highest BCUT2D eigenvalue weighted by atomic mass is 16.4. The Bertz CT molecular complexity index is 430. The first kappa shape index (κ1) is 12.6. The zero-order chi connectivity index (χ0) is 13.1. The molecule has 1 fully saturated rings. The largest absolute Gasteiger partial charge is 0.481 e. The minimum absolute atomic E-state index is 0.0651. The summed E-state index contributed by atoms with van der Waals surface area (Å²) in [4.78, 5) is 24.8. The summed E-state index contributed by atoms with van der Waals surface area (Å²) < 4.78 is 1.59. The van der Waals surface area contributed by atoms with Crippen LogP contribution >= 0.6 is 0 Å². The Kier molecular flexibility index (Phi) is 3.64. The third-order valence-corrected chi connectivity index (χ3v) is 3.36. The van der Waals surface area contributed by atoms with Gasteiger partial charge in [0.25, 0.3) is 0 Å². The van der Waals surface area contributed by atoms with Crippen LogP contribution in [0.1, 0.15) is 25.8 Å². The predicted molar refractivity (Wildman–Crippen MR) is 63.9 cm³/mol. The number of amides is 1. The second-order valence-electron chi connectivity index (χ2n) is 4.62. The Morgan fingerprint density at radius 1 is 1.50 bits per heavy atom. The quantitative estimate of drug-likeness (QED) is 0.860. The van der Waals surface area contributed by atoms with Gasteiger partial charge >= 0.3 is 5.97 Å². The van der Waals surface area contributed by atoms with Crippen LogP contribution in [0.3, 0.4) is 0 Å². The molecule has 0 saturated carbocycles. The summed E-state index contributed by atoms with van der Waals surface area (Å²) in [5, 5.41) is 13.0. The van der Waals surface area contributed by atoms with E-state index in [1.54, 1.807) is 35.0 Å². The fourth-order valence-electron chi connectivity index (χ4n) is 2.27. The van der Waals surface area contributed by atoms with Crippen molar-refractivity contribution in [3.05, 3.63) is 18.5 Å². The van der Waals surface area contributed by atoms with E-state index in [1.165, 1.54) is 0 Å². The topological polar surface area (TPSA) is 75.4 Å². The Balaban J connectivity index is 2.02. The maximum absolute atomic E-state index is 12.2. The molecule has 0 radical (unpaired) electrons. The van der Waals surface area contributed by atoms with Gasteiger partial charge in [-0.3, -0.25) is 14.3 Å². The van der Waals surface area contributed by atoms with Crippen LogP contribution in [0, 0.1) is 5.92 Å². The summed E-state index contributed by atoms with van der Waals surface area (Å²) in [7, 11) is 0. The van der Waals surface area contributed by atoms with Gasteiger partial charge in [-0.25, -0.2) is 0 Å². The van der Waals surface area contributed by atoms with Crippen LogP contribution in [-0.2, 0) is 9.59 Å². The molecule has 2 rings (SSSR count). The van der Waals surface area contributed by atoms with Gasteiger partial charge in [-0.05, 0) is 25.8 Å². The molecule has 2 atom stereocenters. The van der Waals surface area contributed by atoms with Crippen LogP contribution in [0.15, 0.2) is 18.5 Å². The van der Waals surface area contributed by atoms with Crippen molar-refractivity contribution in [3.8, 4) is 0 Å². The molecule has 98 valence electrons. The molecular weight excluding hydrogens is 234 g/mol. The third kappa shape index (κ3) is 2.52. The number of aliphatic carboxylic acids is 1. The van der Waals surface area contributed by atoms with E-state index in [0.29, 0.717) is 19.5 Å². The van der Waals surface area contributed by atoms with Gasteiger partial charge in [-0.1, -0.05) is 0 Å². The number of carbonyl (C=O) groups excluding carboxylic acids is 1. The Labute approximate surface area is 105 Å². The highest BCUT2D eigenvalue weighted by Gasteiger charge is 2.30. The van der Waals surface area contributed by atoms with Crippen LogP contribution in [0.4, 0.5) is 0 Å². The summed E-state index contributed by atoms with van der Waals surface area (Å²) in [6.45, 7) is 2.72. The van der Waals surface area contributed by atoms with Gasteiger partial charge in [0.2, 0.25) is 5.91 Å². The van der Waals surface area contributed by atoms with Gasteiger partial charge < -0.3 is 10.0 Å². The van der Waals surface area contributed by atoms with Gasteiger partial charge in [-0.2, -0.15) is 5.10 Å². The summed E-state index contributed by atoms with van der Waals surface area (Å²) in [6.07, 6.45) is 4.75. The van der Waals surface area contributed by atoms with Gasteiger partial charge in [0.05, 0.1) is 5.92 Å². The Morgan fingerprint density at radius 2 is 2.28 bits per heavy atom. The molecule has 1 aromatic heterocycles. The number of carboxylic acids is 1. The van der Waals surface area contributed by atoms with E-state index in [1.807, 2.05) is 0 Å². The third-order valence-electron chi connectivity index (χ3n) is 3.36. The van der Waals surface area contributed by atoms with Crippen LogP contribution in [-0.4, -0.2) is 44.8 Å². The molecule has 0 aliphatic carbocycles. The summed E-state index contributed by atoms with van der Waals surface area (Å²) in [6, 6.07) is 1.38. The van der Waals surface area contributed by atoms with E-state index in [9.17, 15) is 9.59 Å². The molecule has 0 bridgehead atoms. The standard InChI is InChI=1S/C12H17N3O3/c1-9(15-7-3-5-13-15)11(16)14-6-2-4-10(8-14)12(17)18/h3,5,7,9-10H,2,4,6,8H2,1H3,(H,17,18)/t9?,10-/m1/s1. The smallest absolute Gasteiger partial charge is 0.308 e. The lowest BCUT2D eigenvalue weighted by Gasteiger charge is -2.32. The molecule has 1 saturated heterocycles. The lowest BCUT2D eigenvalue weighted by Crippen LogP contribution is -2.44. The second kappa shape index (κ2) is 5.20. The number of carboxylic acid groups (broad SMARTS) is 1. The van der Waals surface area contributed by atoms with Crippen LogP contribution in [0.25, 0.3) is 0 Å². The highest BCUT2D eigenvalue weighted by Crippen LogP contribution is 2.19. The summed E-state index contributed by atoms with van der Waals surface area (Å²) in [5.74, 6) is -1.32. The van der Waals surface area contributed by atoms with Crippen molar-refractivity contribution in [1.82, 2.24) is 14.7 Å². The zero-order valence-electron chi connectivity index (χ0n) is 10.3. The normalized spacial score (nSPS) is 21.6. The average molecular weight is 251 g/mol. The number of likely N-dealkylation sites (tertiary alicyclic amines) is 1. The maximum atomic E-state index is 12.2. The molecular formula is C12H17N3O3. The molecule has 6 nitrogen and oxygen atoms in total. The molecule has 18 heavy (non-hydrogen) atoms. The van der Waals surface area contributed by atoms with Crippen molar-refractivity contribution >= 4 is 11.9 Å². The minimum Gasteiger partial charge on any atom is -0.481 e.